The van der Waals surface area contributed by atoms with Gasteiger partial charge < -0.3 is 5.32 Å². The highest BCUT2D eigenvalue weighted by atomic mass is 32.2. The Morgan fingerprint density at radius 1 is 1.41 bits per heavy atom. The van der Waals surface area contributed by atoms with Crippen molar-refractivity contribution in [2.75, 3.05) is 11.1 Å². The van der Waals surface area contributed by atoms with Crippen molar-refractivity contribution < 1.29 is 4.79 Å². The summed E-state index contributed by atoms with van der Waals surface area (Å²) in [5, 5.41) is 21.0. The van der Waals surface area contributed by atoms with E-state index in [0.717, 1.165) is 36.0 Å². The van der Waals surface area contributed by atoms with Crippen molar-refractivity contribution >= 4 is 34.0 Å². The predicted octanol–water partition coefficient (Wildman–Crippen LogP) is 5.60. The molecule has 2 heterocycles. The van der Waals surface area contributed by atoms with Crippen molar-refractivity contribution in [3.05, 3.63) is 45.8 Å². The van der Waals surface area contributed by atoms with E-state index in [2.05, 4.69) is 47.3 Å². The van der Waals surface area contributed by atoms with Crippen LogP contribution in [0.1, 0.15) is 48.8 Å². The lowest BCUT2D eigenvalue weighted by molar-refractivity contribution is -0.113. The quantitative estimate of drug-likeness (QED) is 0.479. The third kappa shape index (κ3) is 4.89. The maximum atomic E-state index is 12.6. The number of thioether (sulfide) groups is 1. The number of aromatic nitrogens is 3. The average Bonchev–Trinajstić information content (AvgIpc) is 3.35. The Morgan fingerprint density at radius 3 is 2.94 bits per heavy atom. The number of nitrogens with zero attached hydrogens (tertiary/aromatic N) is 3. The number of nitrogens with one attached hydrogen (secondary N) is 2. The van der Waals surface area contributed by atoms with E-state index < -0.39 is 0 Å². The van der Waals surface area contributed by atoms with Crippen LogP contribution in [0, 0.1) is 29.6 Å². The van der Waals surface area contributed by atoms with Crippen molar-refractivity contribution in [3.63, 3.8) is 0 Å². The molecule has 0 saturated heterocycles. The number of aromatic amines is 1. The van der Waals surface area contributed by atoms with Gasteiger partial charge in [-0.3, -0.25) is 9.89 Å². The van der Waals surface area contributed by atoms with E-state index in [1.165, 1.54) is 16.6 Å². The summed E-state index contributed by atoms with van der Waals surface area (Å²) < 4.78 is 0. The lowest BCUT2D eigenvalue weighted by Gasteiger charge is -2.33. The van der Waals surface area contributed by atoms with Crippen LogP contribution in [0.2, 0.25) is 0 Å². The fourth-order valence-corrected chi connectivity index (χ4v) is 5.95. The number of fused-ring (bicyclic) bond motifs is 1. The van der Waals surface area contributed by atoms with Gasteiger partial charge in [-0.25, -0.2) is 4.98 Å². The number of hydrogen-bond donors (Lipinski definition) is 2. The molecule has 0 bridgehead atoms. The second kappa shape index (κ2) is 9.08. The highest BCUT2D eigenvalue weighted by Crippen LogP contribution is 2.44. The topological polar surface area (TPSA) is 94.5 Å². The van der Waals surface area contributed by atoms with Gasteiger partial charge in [0.15, 0.2) is 5.82 Å². The van der Waals surface area contributed by atoms with E-state index in [1.807, 2.05) is 31.2 Å². The van der Waals surface area contributed by atoms with Gasteiger partial charge in [0, 0.05) is 10.4 Å². The summed E-state index contributed by atoms with van der Waals surface area (Å²) in [7, 11) is 0. The Balaban J connectivity index is 1.40. The molecular weight excluding hydrogens is 438 g/mol. The lowest BCUT2D eigenvalue weighted by atomic mass is 9.72. The Kier molecular flexibility index (Phi) is 6.40. The van der Waals surface area contributed by atoms with Gasteiger partial charge in [-0.2, -0.15) is 5.26 Å². The summed E-state index contributed by atoms with van der Waals surface area (Å²) in [6.07, 6.45) is 2.96. The van der Waals surface area contributed by atoms with E-state index in [0.29, 0.717) is 27.5 Å². The highest BCUT2D eigenvalue weighted by molar-refractivity contribution is 7.99. The second-order valence-corrected chi connectivity index (χ2v) is 11.3. The minimum Gasteiger partial charge on any atom is -0.316 e. The van der Waals surface area contributed by atoms with Crippen LogP contribution in [-0.2, 0) is 17.6 Å². The molecule has 1 aliphatic rings. The summed E-state index contributed by atoms with van der Waals surface area (Å²) in [4.78, 5) is 18.3. The minimum atomic E-state index is -0.153. The highest BCUT2D eigenvalue weighted by Gasteiger charge is 2.32. The van der Waals surface area contributed by atoms with Crippen LogP contribution in [0.3, 0.4) is 0 Å². The molecule has 0 saturated carbocycles. The number of rotatable bonds is 5. The molecule has 0 spiro atoms. The Bertz CT molecular complexity index is 1180. The monoisotopic (exact) mass is 465 g/mol. The normalized spacial score (nSPS) is 15.8. The Morgan fingerprint density at radius 2 is 2.22 bits per heavy atom. The van der Waals surface area contributed by atoms with E-state index in [4.69, 9.17) is 0 Å². The smallest absolute Gasteiger partial charge is 0.235 e. The molecular formula is C24H27N5OS2. The molecule has 1 aromatic carbocycles. The number of amides is 1. The number of H-pyrrole nitrogens is 1. The number of thiophene rings is 1. The number of nitriles is 1. The summed E-state index contributed by atoms with van der Waals surface area (Å²) in [6, 6.07) is 10.3. The van der Waals surface area contributed by atoms with Gasteiger partial charge >= 0.3 is 0 Å². The van der Waals surface area contributed by atoms with Gasteiger partial charge in [-0.1, -0.05) is 56.3 Å². The molecule has 2 aromatic heterocycles. The Hall–Kier alpha value is -2.63. The maximum absolute atomic E-state index is 12.6. The summed E-state index contributed by atoms with van der Waals surface area (Å²) in [5.74, 6) is 1.30. The molecule has 0 radical (unpaired) electrons. The van der Waals surface area contributed by atoms with Crippen LogP contribution in [0.25, 0.3) is 11.4 Å². The van der Waals surface area contributed by atoms with Crippen LogP contribution < -0.4 is 5.32 Å². The zero-order valence-electron chi connectivity index (χ0n) is 18.8. The van der Waals surface area contributed by atoms with Crippen LogP contribution in [0.15, 0.2) is 29.4 Å². The van der Waals surface area contributed by atoms with E-state index in [1.54, 1.807) is 11.3 Å². The maximum Gasteiger partial charge on any atom is 0.235 e. The molecule has 6 nitrogen and oxygen atoms in total. The summed E-state index contributed by atoms with van der Waals surface area (Å²) in [6.45, 7) is 8.85. The van der Waals surface area contributed by atoms with Gasteiger partial charge in [0.25, 0.3) is 0 Å². The Labute approximate surface area is 196 Å². The average molecular weight is 466 g/mol. The minimum absolute atomic E-state index is 0.153. The number of anilines is 1. The van der Waals surface area contributed by atoms with Gasteiger partial charge in [0.2, 0.25) is 11.1 Å². The number of benzene rings is 1. The first-order valence-electron chi connectivity index (χ1n) is 10.7. The molecule has 3 aromatic rings. The zero-order valence-corrected chi connectivity index (χ0v) is 20.4. The van der Waals surface area contributed by atoms with Crippen molar-refractivity contribution in [2.45, 2.75) is 52.1 Å². The fraction of sp³-hybridized carbons (Fsp3) is 0.417. The molecule has 1 atom stereocenters. The number of carbonyl (C=O) groups is 1. The van der Waals surface area contributed by atoms with Gasteiger partial charge in [0.05, 0.1) is 11.3 Å². The van der Waals surface area contributed by atoms with Gasteiger partial charge in [-0.15, -0.1) is 16.4 Å². The fourth-order valence-electron chi connectivity index (χ4n) is 4.06. The van der Waals surface area contributed by atoms with Crippen LogP contribution in [0.4, 0.5) is 5.00 Å². The lowest BCUT2D eigenvalue weighted by Crippen LogP contribution is -2.26. The molecule has 0 aliphatic heterocycles. The van der Waals surface area contributed by atoms with Gasteiger partial charge in [-0.05, 0) is 49.1 Å². The number of carbonyl (C=O) groups excluding carboxylic acids is 1. The van der Waals surface area contributed by atoms with Crippen molar-refractivity contribution in [1.29, 1.82) is 5.26 Å². The molecule has 0 unspecified atom stereocenters. The molecule has 1 amide bonds. The predicted molar refractivity (Wildman–Crippen MR) is 130 cm³/mol. The number of hydrogen-bond acceptors (Lipinski definition) is 6. The summed E-state index contributed by atoms with van der Waals surface area (Å²) >= 11 is 2.83. The third-order valence-electron chi connectivity index (χ3n) is 5.94. The van der Waals surface area contributed by atoms with Crippen molar-refractivity contribution in [2.24, 2.45) is 11.3 Å². The molecule has 8 heteroatoms. The molecule has 0 fully saturated rings. The molecule has 32 heavy (non-hydrogen) atoms. The third-order valence-corrected chi connectivity index (χ3v) is 7.96. The van der Waals surface area contributed by atoms with Crippen molar-refractivity contribution in [3.8, 4) is 17.5 Å². The van der Waals surface area contributed by atoms with Crippen LogP contribution >= 0.6 is 23.1 Å². The summed E-state index contributed by atoms with van der Waals surface area (Å²) in [5.41, 5.74) is 4.11. The first kappa shape index (κ1) is 22.6. The molecule has 4 rings (SSSR count). The second-order valence-electron chi connectivity index (χ2n) is 9.30. The first-order chi connectivity index (χ1) is 15.2. The SMILES string of the molecule is Cc1cccc(-c2nc(SCC(=O)Nc3sc4c(c3C#N)CC[C@@H](C(C)(C)C)C4)n[nH]2)c1. The van der Waals surface area contributed by atoms with E-state index in [-0.39, 0.29) is 17.1 Å². The number of aryl methyl sites for hydroxylation is 1. The molecule has 166 valence electrons. The first-order valence-corrected chi connectivity index (χ1v) is 12.5. The van der Waals surface area contributed by atoms with E-state index in [9.17, 15) is 10.1 Å². The van der Waals surface area contributed by atoms with Crippen molar-refractivity contribution in [1.82, 2.24) is 15.2 Å². The molecule has 1 aliphatic carbocycles. The van der Waals surface area contributed by atoms with Crippen LogP contribution in [-0.4, -0.2) is 26.8 Å². The largest absolute Gasteiger partial charge is 0.316 e. The van der Waals surface area contributed by atoms with E-state index >= 15 is 0 Å². The standard InChI is InChI=1S/C24H27N5OS2/c1-14-6-5-7-15(10-14)21-27-23(29-28-21)31-13-20(30)26-22-18(12-25)17-9-8-16(24(2,3)4)11-19(17)32-22/h5-7,10,16H,8-9,11,13H2,1-4H3,(H,26,30)(H,27,28,29)/t16-/m1/s1. The van der Waals surface area contributed by atoms with Gasteiger partial charge in [0.1, 0.15) is 11.1 Å². The zero-order chi connectivity index (χ0) is 22.9. The molecule has 2 N–H and O–H groups in total. The van der Waals surface area contributed by atoms with Crippen LogP contribution in [0.5, 0.6) is 0 Å².